The van der Waals surface area contributed by atoms with Gasteiger partial charge in [-0.05, 0) is 19.4 Å². The Morgan fingerprint density at radius 3 is 2.05 bits per heavy atom. The van der Waals surface area contributed by atoms with Crippen molar-refractivity contribution in [2.75, 3.05) is 20.1 Å². The Labute approximate surface area is 121 Å². The Hall–Kier alpha value is -1.84. The van der Waals surface area contributed by atoms with Crippen molar-refractivity contribution in [3.8, 4) is 0 Å². The number of amides is 2. The van der Waals surface area contributed by atoms with E-state index in [1.54, 1.807) is 16.8 Å². The molecule has 4 heteroatoms. The molecule has 0 saturated carbocycles. The van der Waals surface area contributed by atoms with E-state index in [0.29, 0.717) is 26.1 Å². The molecule has 4 nitrogen and oxygen atoms in total. The largest absolute Gasteiger partial charge is 0.343 e. The summed E-state index contributed by atoms with van der Waals surface area (Å²) in [5.74, 6) is 0.0609. The van der Waals surface area contributed by atoms with Crippen molar-refractivity contribution in [1.29, 1.82) is 0 Å². The topological polar surface area (TPSA) is 40.6 Å². The molecule has 0 aromatic heterocycles. The Morgan fingerprint density at radius 2 is 1.50 bits per heavy atom. The number of hydrogen-bond acceptors (Lipinski definition) is 2. The average Bonchev–Trinajstić information content (AvgIpc) is 2.47. The summed E-state index contributed by atoms with van der Waals surface area (Å²) in [7, 11) is 1.78. The number of nitrogens with zero attached hydrogens (tertiary/aromatic N) is 2. The number of benzene rings is 1. The number of carbonyl (C=O) groups excluding carboxylic acids is 2. The summed E-state index contributed by atoms with van der Waals surface area (Å²) in [6.07, 6.45) is 0.568. The van der Waals surface area contributed by atoms with E-state index in [0.717, 1.165) is 5.56 Å². The zero-order chi connectivity index (χ0) is 15.0. The summed E-state index contributed by atoms with van der Waals surface area (Å²) in [6.45, 7) is 5.88. The van der Waals surface area contributed by atoms with Gasteiger partial charge in [-0.2, -0.15) is 0 Å². The van der Waals surface area contributed by atoms with Gasteiger partial charge in [-0.25, -0.2) is 0 Å². The third kappa shape index (κ3) is 5.03. The molecule has 0 heterocycles. The maximum Gasteiger partial charge on any atom is 0.223 e. The van der Waals surface area contributed by atoms with Crippen molar-refractivity contribution in [2.24, 2.45) is 0 Å². The monoisotopic (exact) mass is 276 g/mol. The highest BCUT2D eigenvalue weighted by Crippen LogP contribution is 2.06. The van der Waals surface area contributed by atoms with Crippen LogP contribution in [0.15, 0.2) is 30.3 Å². The smallest absolute Gasteiger partial charge is 0.223 e. The quantitative estimate of drug-likeness (QED) is 0.766. The van der Waals surface area contributed by atoms with Gasteiger partial charge in [-0.15, -0.1) is 0 Å². The Balaban J connectivity index is 2.41. The first-order valence-electron chi connectivity index (χ1n) is 7.14. The van der Waals surface area contributed by atoms with Gasteiger partial charge in [0.2, 0.25) is 11.8 Å². The van der Waals surface area contributed by atoms with E-state index in [-0.39, 0.29) is 18.2 Å². The highest BCUT2D eigenvalue weighted by atomic mass is 16.2. The van der Waals surface area contributed by atoms with Crippen LogP contribution in [0.4, 0.5) is 0 Å². The molecule has 0 bridgehead atoms. The lowest BCUT2D eigenvalue weighted by Gasteiger charge is -2.20. The van der Waals surface area contributed by atoms with E-state index in [4.69, 9.17) is 0 Å². The maximum absolute atomic E-state index is 12.0. The van der Waals surface area contributed by atoms with Crippen LogP contribution in [0, 0.1) is 0 Å². The molecule has 1 aromatic carbocycles. The molecule has 0 aliphatic heterocycles. The van der Waals surface area contributed by atoms with E-state index in [2.05, 4.69) is 0 Å². The molecular weight excluding hydrogens is 252 g/mol. The minimum Gasteiger partial charge on any atom is -0.343 e. The first-order valence-corrected chi connectivity index (χ1v) is 7.14. The summed E-state index contributed by atoms with van der Waals surface area (Å²) in [5, 5.41) is 0. The minimum absolute atomic E-state index is 0.00867. The third-order valence-corrected chi connectivity index (χ3v) is 3.36. The van der Waals surface area contributed by atoms with Gasteiger partial charge < -0.3 is 9.80 Å². The molecule has 0 fully saturated rings. The van der Waals surface area contributed by atoms with Crippen LogP contribution in [0.5, 0.6) is 0 Å². The minimum atomic E-state index is 0.00867. The van der Waals surface area contributed by atoms with Crippen molar-refractivity contribution in [3.05, 3.63) is 35.9 Å². The van der Waals surface area contributed by atoms with Crippen LogP contribution in [0.3, 0.4) is 0 Å². The molecule has 0 aliphatic carbocycles. The second-order valence-corrected chi connectivity index (χ2v) is 4.80. The lowest BCUT2D eigenvalue weighted by Crippen LogP contribution is -2.32. The lowest BCUT2D eigenvalue weighted by atomic mass is 10.2. The molecule has 0 saturated heterocycles. The van der Waals surface area contributed by atoms with Gasteiger partial charge in [-0.3, -0.25) is 9.59 Å². The van der Waals surface area contributed by atoms with Gasteiger partial charge in [0.25, 0.3) is 0 Å². The van der Waals surface area contributed by atoms with Gasteiger partial charge in [0.05, 0.1) is 0 Å². The molecule has 1 aromatic rings. The van der Waals surface area contributed by atoms with Crippen molar-refractivity contribution >= 4 is 11.8 Å². The van der Waals surface area contributed by atoms with Gasteiger partial charge in [-0.1, -0.05) is 30.3 Å². The lowest BCUT2D eigenvalue weighted by molar-refractivity contribution is -0.136. The van der Waals surface area contributed by atoms with E-state index >= 15 is 0 Å². The van der Waals surface area contributed by atoms with Crippen molar-refractivity contribution < 1.29 is 9.59 Å². The fourth-order valence-corrected chi connectivity index (χ4v) is 2.08. The van der Waals surface area contributed by atoms with Crippen molar-refractivity contribution in [1.82, 2.24) is 9.80 Å². The summed E-state index contributed by atoms with van der Waals surface area (Å²) in [5.41, 5.74) is 1.10. The summed E-state index contributed by atoms with van der Waals surface area (Å²) >= 11 is 0. The van der Waals surface area contributed by atoms with Gasteiger partial charge in [0, 0.05) is 39.5 Å². The molecule has 0 unspecified atom stereocenters. The fourth-order valence-electron chi connectivity index (χ4n) is 2.08. The van der Waals surface area contributed by atoms with Crippen molar-refractivity contribution in [2.45, 2.75) is 33.2 Å². The molecule has 0 spiro atoms. The van der Waals surface area contributed by atoms with E-state index in [1.165, 1.54) is 0 Å². The molecule has 0 radical (unpaired) electrons. The second-order valence-electron chi connectivity index (χ2n) is 4.80. The van der Waals surface area contributed by atoms with Crippen LogP contribution in [0.1, 0.15) is 32.3 Å². The molecule has 110 valence electrons. The SMILES string of the molecule is CCN(CC)C(=O)CCC(=O)N(C)Cc1ccccc1. The normalized spacial score (nSPS) is 10.2. The van der Waals surface area contributed by atoms with Crippen LogP contribution in [0.2, 0.25) is 0 Å². The van der Waals surface area contributed by atoms with E-state index in [9.17, 15) is 9.59 Å². The summed E-state index contributed by atoms with van der Waals surface area (Å²) < 4.78 is 0. The third-order valence-electron chi connectivity index (χ3n) is 3.36. The Kier molecular flexibility index (Phi) is 6.77. The van der Waals surface area contributed by atoms with Crippen LogP contribution < -0.4 is 0 Å². The predicted octanol–water partition coefficient (Wildman–Crippen LogP) is 2.29. The van der Waals surface area contributed by atoms with Crippen molar-refractivity contribution in [3.63, 3.8) is 0 Å². The molecular formula is C16H24N2O2. The summed E-state index contributed by atoms with van der Waals surface area (Å²) in [4.78, 5) is 27.3. The van der Waals surface area contributed by atoms with Gasteiger partial charge in [0.1, 0.15) is 0 Å². The van der Waals surface area contributed by atoms with E-state index < -0.39 is 0 Å². The van der Waals surface area contributed by atoms with Crippen LogP contribution >= 0.6 is 0 Å². The molecule has 2 amide bonds. The highest BCUT2D eigenvalue weighted by molar-refractivity contribution is 5.83. The Bertz CT molecular complexity index is 427. The predicted molar refractivity (Wildman–Crippen MR) is 80.1 cm³/mol. The first kappa shape index (κ1) is 16.2. The molecule has 0 atom stereocenters. The Morgan fingerprint density at radius 1 is 0.950 bits per heavy atom. The number of carbonyl (C=O) groups is 2. The molecule has 1 rings (SSSR count). The fraction of sp³-hybridized carbons (Fsp3) is 0.500. The maximum atomic E-state index is 12.0. The van der Waals surface area contributed by atoms with Gasteiger partial charge in [0.15, 0.2) is 0 Å². The number of hydrogen-bond donors (Lipinski definition) is 0. The number of rotatable bonds is 7. The standard InChI is InChI=1S/C16H24N2O2/c1-4-18(5-2)16(20)12-11-15(19)17(3)13-14-9-7-6-8-10-14/h6-10H,4-5,11-13H2,1-3H3. The second kappa shape index (κ2) is 8.35. The molecule has 0 aliphatic rings. The summed E-state index contributed by atoms with van der Waals surface area (Å²) in [6, 6.07) is 9.85. The average molecular weight is 276 g/mol. The molecule has 20 heavy (non-hydrogen) atoms. The van der Waals surface area contributed by atoms with Gasteiger partial charge >= 0.3 is 0 Å². The van der Waals surface area contributed by atoms with Crippen LogP contribution in [0.25, 0.3) is 0 Å². The molecule has 0 N–H and O–H groups in total. The highest BCUT2D eigenvalue weighted by Gasteiger charge is 2.14. The zero-order valence-corrected chi connectivity index (χ0v) is 12.6. The first-order chi connectivity index (χ1) is 9.58. The van der Waals surface area contributed by atoms with Crippen LogP contribution in [-0.4, -0.2) is 41.8 Å². The zero-order valence-electron chi connectivity index (χ0n) is 12.6. The van der Waals surface area contributed by atoms with Crippen LogP contribution in [-0.2, 0) is 16.1 Å². The van der Waals surface area contributed by atoms with E-state index in [1.807, 2.05) is 44.2 Å².